The summed E-state index contributed by atoms with van der Waals surface area (Å²) in [5.41, 5.74) is 5.83. The summed E-state index contributed by atoms with van der Waals surface area (Å²) in [6, 6.07) is 0. The van der Waals surface area contributed by atoms with Crippen molar-refractivity contribution >= 4 is 34.8 Å². The molecule has 0 atom stereocenters. The SMILES string of the molecule is C1=C\c2ncsc2-c2ncsc2\C=C/1. The first-order valence-electron chi connectivity index (χ1n) is 4.17. The van der Waals surface area contributed by atoms with Gasteiger partial charge in [-0.05, 0) is 12.2 Å². The fourth-order valence-electron chi connectivity index (χ4n) is 1.38. The lowest BCUT2D eigenvalue weighted by Crippen LogP contribution is -1.82. The highest BCUT2D eigenvalue weighted by Gasteiger charge is 2.13. The Bertz CT molecular complexity index is 471. The van der Waals surface area contributed by atoms with Crippen LogP contribution in [0.5, 0.6) is 0 Å². The first kappa shape index (κ1) is 8.08. The highest BCUT2D eigenvalue weighted by Crippen LogP contribution is 2.33. The number of thiazole rings is 2. The number of hydrogen-bond acceptors (Lipinski definition) is 4. The van der Waals surface area contributed by atoms with Gasteiger partial charge in [0.25, 0.3) is 0 Å². The van der Waals surface area contributed by atoms with E-state index >= 15 is 0 Å². The zero-order chi connectivity index (χ0) is 9.38. The summed E-state index contributed by atoms with van der Waals surface area (Å²) in [5, 5.41) is 0. The van der Waals surface area contributed by atoms with E-state index in [-0.39, 0.29) is 0 Å². The molecular weight excluding hydrogens is 212 g/mol. The number of allylic oxidation sites excluding steroid dienone is 2. The fourth-order valence-corrected chi connectivity index (χ4v) is 2.93. The van der Waals surface area contributed by atoms with Crippen molar-refractivity contribution in [2.45, 2.75) is 0 Å². The number of aromatic nitrogens is 2. The molecule has 0 bridgehead atoms. The standard InChI is InChI=1S/C10H6N2S2/c1-2-4-8-9(12-6-13-8)10-7(3-1)11-5-14-10/h1-6H/b2-1?,3-1-,4-2-,7-3?,8-4?,10-9?. The highest BCUT2D eigenvalue weighted by atomic mass is 32.1. The smallest absolute Gasteiger partial charge is 0.101 e. The van der Waals surface area contributed by atoms with Gasteiger partial charge in [0, 0.05) is 0 Å². The summed E-state index contributed by atoms with van der Waals surface area (Å²) in [5.74, 6) is 0. The molecule has 0 radical (unpaired) electrons. The third-order valence-corrected chi connectivity index (χ3v) is 3.66. The molecule has 68 valence electrons. The molecule has 0 aliphatic heterocycles. The van der Waals surface area contributed by atoms with Crippen molar-refractivity contribution in [3.05, 3.63) is 33.7 Å². The van der Waals surface area contributed by atoms with Crippen LogP contribution in [0.3, 0.4) is 0 Å². The van der Waals surface area contributed by atoms with Crippen LogP contribution in [-0.4, -0.2) is 9.97 Å². The molecule has 1 aliphatic rings. The maximum atomic E-state index is 4.38. The van der Waals surface area contributed by atoms with E-state index in [1.807, 2.05) is 29.2 Å². The lowest BCUT2D eigenvalue weighted by atomic mass is 10.2. The Hall–Kier alpha value is -1.26. The molecule has 2 heterocycles. The molecule has 0 amide bonds. The molecule has 0 saturated heterocycles. The van der Waals surface area contributed by atoms with Crippen LogP contribution in [0.15, 0.2) is 23.2 Å². The monoisotopic (exact) mass is 218 g/mol. The Morgan fingerprint density at radius 2 is 1.79 bits per heavy atom. The molecule has 4 heteroatoms. The van der Waals surface area contributed by atoms with Gasteiger partial charge in [-0.25, -0.2) is 9.97 Å². The molecule has 3 rings (SSSR count). The van der Waals surface area contributed by atoms with Crippen molar-refractivity contribution in [3.8, 4) is 10.6 Å². The van der Waals surface area contributed by atoms with Crippen LogP contribution in [0.25, 0.3) is 22.7 Å². The summed E-state index contributed by atoms with van der Waals surface area (Å²) in [4.78, 5) is 11.1. The van der Waals surface area contributed by atoms with Gasteiger partial charge in [-0.3, -0.25) is 0 Å². The maximum Gasteiger partial charge on any atom is 0.101 e. The molecule has 0 saturated carbocycles. The predicted molar refractivity (Wildman–Crippen MR) is 61.3 cm³/mol. The van der Waals surface area contributed by atoms with Crippen LogP contribution >= 0.6 is 22.7 Å². The van der Waals surface area contributed by atoms with Gasteiger partial charge >= 0.3 is 0 Å². The van der Waals surface area contributed by atoms with Crippen LogP contribution in [0, 0.1) is 0 Å². The minimum atomic E-state index is 1.02. The lowest BCUT2D eigenvalue weighted by molar-refractivity contribution is 1.35. The summed E-state index contributed by atoms with van der Waals surface area (Å²) in [6.07, 6.45) is 8.15. The maximum absolute atomic E-state index is 4.38. The zero-order valence-electron chi connectivity index (χ0n) is 7.18. The Kier molecular flexibility index (Phi) is 1.82. The van der Waals surface area contributed by atoms with Gasteiger partial charge in [-0.15, -0.1) is 22.7 Å². The van der Waals surface area contributed by atoms with Crippen LogP contribution in [0.4, 0.5) is 0 Å². The summed E-state index contributed by atoms with van der Waals surface area (Å²) < 4.78 is 0. The van der Waals surface area contributed by atoms with E-state index in [4.69, 9.17) is 0 Å². The normalized spacial score (nSPS) is 17.7. The second-order valence-corrected chi connectivity index (χ2v) is 4.59. The van der Waals surface area contributed by atoms with Crippen molar-refractivity contribution in [1.29, 1.82) is 0 Å². The Morgan fingerprint density at radius 3 is 2.79 bits per heavy atom. The molecule has 0 spiro atoms. The Labute approximate surface area is 89.3 Å². The minimum absolute atomic E-state index is 1.02. The van der Waals surface area contributed by atoms with Gasteiger partial charge in [-0.1, -0.05) is 12.2 Å². The van der Waals surface area contributed by atoms with Crippen molar-refractivity contribution in [1.82, 2.24) is 9.97 Å². The van der Waals surface area contributed by atoms with E-state index < -0.39 is 0 Å². The van der Waals surface area contributed by atoms with E-state index in [0.717, 1.165) is 11.4 Å². The minimum Gasteiger partial charge on any atom is -0.245 e. The van der Waals surface area contributed by atoms with Gasteiger partial charge in [0.1, 0.15) is 5.69 Å². The molecule has 2 nitrogen and oxygen atoms in total. The molecule has 0 aromatic carbocycles. The van der Waals surface area contributed by atoms with Gasteiger partial charge in [0.15, 0.2) is 0 Å². The summed E-state index contributed by atoms with van der Waals surface area (Å²) in [7, 11) is 0. The Morgan fingerprint density at radius 1 is 0.929 bits per heavy atom. The van der Waals surface area contributed by atoms with Crippen LogP contribution in [0.2, 0.25) is 0 Å². The first-order chi connectivity index (χ1) is 6.95. The molecule has 2 aromatic heterocycles. The van der Waals surface area contributed by atoms with Gasteiger partial charge in [0.05, 0.1) is 26.5 Å². The van der Waals surface area contributed by atoms with Gasteiger partial charge < -0.3 is 0 Å². The molecule has 1 aliphatic carbocycles. The number of fused-ring (bicyclic) bond motifs is 3. The van der Waals surface area contributed by atoms with E-state index in [1.165, 1.54) is 9.75 Å². The predicted octanol–water partition coefficient (Wildman–Crippen LogP) is 3.31. The van der Waals surface area contributed by atoms with Crippen LogP contribution in [0.1, 0.15) is 10.6 Å². The van der Waals surface area contributed by atoms with Crippen molar-refractivity contribution in [2.24, 2.45) is 0 Å². The zero-order valence-corrected chi connectivity index (χ0v) is 8.81. The molecule has 0 unspecified atom stereocenters. The number of rotatable bonds is 0. The number of nitrogens with zero attached hydrogens (tertiary/aromatic N) is 2. The topological polar surface area (TPSA) is 25.8 Å². The van der Waals surface area contributed by atoms with Crippen molar-refractivity contribution in [2.75, 3.05) is 0 Å². The fraction of sp³-hybridized carbons (Fsp3) is 0. The van der Waals surface area contributed by atoms with E-state index in [2.05, 4.69) is 16.0 Å². The second-order valence-electron chi connectivity index (χ2n) is 2.85. The van der Waals surface area contributed by atoms with Crippen molar-refractivity contribution in [3.63, 3.8) is 0 Å². The second kappa shape index (κ2) is 3.15. The molecule has 2 aromatic rings. The molecule has 0 N–H and O–H groups in total. The number of hydrogen-bond donors (Lipinski definition) is 0. The lowest BCUT2D eigenvalue weighted by Gasteiger charge is -1.98. The average molecular weight is 218 g/mol. The van der Waals surface area contributed by atoms with E-state index in [0.29, 0.717) is 0 Å². The Balaban J connectivity index is 2.33. The molecular formula is C10H6N2S2. The molecule has 14 heavy (non-hydrogen) atoms. The summed E-state index contributed by atoms with van der Waals surface area (Å²) >= 11 is 3.31. The largest absolute Gasteiger partial charge is 0.245 e. The van der Waals surface area contributed by atoms with Crippen LogP contribution in [-0.2, 0) is 0 Å². The average Bonchev–Trinajstić information content (AvgIpc) is 2.75. The van der Waals surface area contributed by atoms with Gasteiger partial charge in [-0.2, -0.15) is 0 Å². The highest BCUT2D eigenvalue weighted by molar-refractivity contribution is 7.15. The third kappa shape index (κ3) is 1.15. The summed E-state index contributed by atoms with van der Waals surface area (Å²) in [6.45, 7) is 0. The van der Waals surface area contributed by atoms with Gasteiger partial charge in [0.2, 0.25) is 0 Å². The third-order valence-electron chi connectivity index (χ3n) is 2.02. The molecule has 0 fully saturated rings. The first-order valence-corrected chi connectivity index (χ1v) is 5.93. The quantitative estimate of drug-likeness (QED) is 0.678. The van der Waals surface area contributed by atoms with E-state index in [1.54, 1.807) is 22.7 Å². The van der Waals surface area contributed by atoms with Crippen molar-refractivity contribution < 1.29 is 0 Å². The van der Waals surface area contributed by atoms with E-state index in [9.17, 15) is 0 Å². The van der Waals surface area contributed by atoms with Crippen LogP contribution < -0.4 is 0 Å².